The number of pyridine rings is 1. The molecular formula is C30H33F3N14O. The van der Waals surface area contributed by atoms with Crippen LogP contribution in [0.5, 0.6) is 0 Å². The number of piperazine rings is 1. The number of amides is 1. The Bertz CT molecular complexity index is 1900. The topological polar surface area (TPSA) is 155 Å². The molecule has 1 aliphatic carbocycles. The average molecular weight is 663 g/mol. The number of hydrazine groups is 1. The highest BCUT2D eigenvalue weighted by Crippen LogP contribution is 2.45. The SMILES string of the molecule is CN(CC1(C#N)CC1)N1CCN(C(=O)Cn2cc(Nc3nc4c(N5CC(CC#N)(n6cc(C(F)(F)F)cn6)C5)cccn4n3)cn2)CC1. The molecule has 0 unspecified atom stereocenters. The number of carbonyl (C=O) groups is 1. The first kappa shape index (κ1) is 31.4. The first-order valence-corrected chi connectivity index (χ1v) is 15.5. The quantitative estimate of drug-likeness (QED) is 0.266. The molecule has 4 aromatic heterocycles. The van der Waals surface area contributed by atoms with Gasteiger partial charge in [-0.3, -0.25) is 14.2 Å². The minimum atomic E-state index is -4.52. The van der Waals surface area contributed by atoms with Crippen LogP contribution in [0.1, 0.15) is 24.8 Å². The molecule has 0 bridgehead atoms. The van der Waals surface area contributed by atoms with Crippen molar-refractivity contribution in [3.8, 4) is 12.1 Å². The van der Waals surface area contributed by atoms with Crippen LogP contribution in [0.3, 0.4) is 0 Å². The molecule has 0 spiro atoms. The summed E-state index contributed by atoms with van der Waals surface area (Å²) in [6, 6.07) is 8.15. The molecule has 1 N–H and O–H groups in total. The molecule has 1 amide bonds. The maximum absolute atomic E-state index is 13.2. The number of nitrogens with one attached hydrogen (secondary N) is 1. The van der Waals surface area contributed by atoms with Crippen LogP contribution in [0, 0.1) is 28.1 Å². The van der Waals surface area contributed by atoms with Gasteiger partial charge in [-0.15, -0.1) is 5.10 Å². The lowest BCUT2D eigenvalue weighted by Gasteiger charge is -2.50. The van der Waals surface area contributed by atoms with E-state index in [-0.39, 0.29) is 37.4 Å². The number of hydrogen-bond donors (Lipinski definition) is 1. The van der Waals surface area contributed by atoms with Crippen molar-refractivity contribution in [3.63, 3.8) is 0 Å². The highest BCUT2D eigenvalue weighted by atomic mass is 19.4. The number of anilines is 3. The summed E-state index contributed by atoms with van der Waals surface area (Å²) in [6.07, 6.45) is 4.10. The monoisotopic (exact) mass is 662 g/mol. The van der Waals surface area contributed by atoms with E-state index in [0.717, 1.165) is 25.2 Å². The van der Waals surface area contributed by atoms with Crippen molar-refractivity contribution < 1.29 is 18.0 Å². The summed E-state index contributed by atoms with van der Waals surface area (Å²) in [7, 11) is 2.00. The minimum Gasteiger partial charge on any atom is -0.363 e. The third-order valence-corrected chi connectivity index (χ3v) is 9.36. The van der Waals surface area contributed by atoms with Crippen LogP contribution in [0.4, 0.5) is 30.5 Å². The Labute approximate surface area is 273 Å². The summed E-state index contributed by atoms with van der Waals surface area (Å²) in [4.78, 5) is 21.4. The molecule has 3 aliphatic rings. The number of carbonyl (C=O) groups excluding carboxylic acids is 1. The van der Waals surface area contributed by atoms with Crippen molar-refractivity contribution in [3.05, 3.63) is 48.7 Å². The molecule has 250 valence electrons. The molecule has 4 aromatic rings. The van der Waals surface area contributed by atoms with E-state index < -0.39 is 17.3 Å². The first-order chi connectivity index (χ1) is 23.0. The second-order valence-electron chi connectivity index (χ2n) is 12.8. The van der Waals surface area contributed by atoms with E-state index in [2.05, 4.69) is 47.8 Å². The van der Waals surface area contributed by atoms with Gasteiger partial charge in [-0.1, -0.05) is 0 Å². The molecule has 0 atom stereocenters. The highest BCUT2D eigenvalue weighted by Gasteiger charge is 2.48. The Morgan fingerprint density at radius 3 is 2.54 bits per heavy atom. The van der Waals surface area contributed by atoms with E-state index in [1.165, 1.54) is 4.68 Å². The van der Waals surface area contributed by atoms with Crippen LogP contribution in [0.25, 0.3) is 5.65 Å². The van der Waals surface area contributed by atoms with Crippen molar-refractivity contribution in [1.29, 1.82) is 10.5 Å². The van der Waals surface area contributed by atoms with Crippen LogP contribution >= 0.6 is 0 Å². The van der Waals surface area contributed by atoms with Crippen molar-refractivity contribution >= 4 is 28.9 Å². The summed E-state index contributed by atoms with van der Waals surface area (Å²) < 4.78 is 44.0. The summed E-state index contributed by atoms with van der Waals surface area (Å²) in [5, 5.41) is 39.0. The van der Waals surface area contributed by atoms with Crippen molar-refractivity contribution in [2.24, 2.45) is 5.41 Å². The van der Waals surface area contributed by atoms with E-state index in [9.17, 15) is 28.5 Å². The zero-order valence-corrected chi connectivity index (χ0v) is 26.2. The lowest BCUT2D eigenvalue weighted by Crippen LogP contribution is -2.63. The van der Waals surface area contributed by atoms with Crippen LogP contribution < -0.4 is 10.2 Å². The molecular weight excluding hydrogens is 629 g/mol. The molecule has 6 heterocycles. The number of hydrogen-bond acceptors (Lipinski definition) is 11. The van der Waals surface area contributed by atoms with Gasteiger partial charge in [0, 0.05) is 71.5 Å². The Morgan fingerprint density at radius 1 is 1.10 bits per heavy atom. The van der Waals surface area contributed by atoms with Gasteiger partial charge in [-0.25, -0.2) is 14.5 Å². The molecule has 2 aliphatic heterocycles. The van der Waals surface area contributed by atoms with Crippen molar-refractivity contribution in [1.82, 2.24) is 49.1 Å². The smallest absolute Gasteiger partial charge is 0.363 e. The maximum atomic E-state index is 13.2. The molecule has 0 aromatic carbocycles. The molecule has 7 rings (SSSR count). The largest absolute Gasteiger partial charge is 0.419 e. The van der Waals surface area contributed by atoms with Gasteiger partial charge in [0.05, 0.1) is 53.3 Å². The molecule has 2 saturated heterocycles. The number of halogens is 3. The lowest BCUT2D eigenvalue weighted by atomic mass is 9.86. The Hall–Kier alpha value is -5.20. The second kappa shape index (κ2) is 11.8. The lowest BCUT2D eigenvalue weighted by molar-refractivity contribution is -0.138. The van der Waals surface area contributed by atoms with Crippen LogP contribution in [-0.4, -0.2) is 108 Å². The predicted octanol–water partition coefficient (Wildman–Crippen LogP) is 2.31. The standard InChI is InChI=1S/C30H33F3N14O/c1-41(19-28(18-35)4-5-28)45-11-9-42(10-12-45)25(48)17-44-16-23(14-36-44)38-27-39-26-24(3-2-8-46(26)40-27)43-20-29(21-43,6-7-34)47-15-22(13-37-47)30(31,32)33/h2-3,8,13-16H,4-6,9-12,17,19-21H2,1H3,(H,38,40). The fraction of sp³-hybridized carbons (Fsp3) is 0.500. The summed E-state index contributed by atoms with van der Waals surface area (Å²) in [5.74, 6) is 0.258. The fourth-order valence-corrected chi connectivity index (χ4v) is 6.40. The molecule has 48 heavy (non-hydrogen) atoms. The van der Waals surface area contributed by atoms with Gasteiger partial charge in [0.1, 0.15) is 12.1 Å². The number of nitriles is 2. The van der Waals surface area contributed by atoms with E-state index >= 15 is 0 Å². The number of rotatable bonds is 10. The molecule has 18 heteroatoms. The van der Waals surface area contributed by atoms with Crippen molar-refractivity contribution in [2.75, 3.05) is 63.1 Å². The van der Waals surface area contributed by atoms with Gasteiger partial charge in [-0.2, -0.15) is 38.9 Å². The van der Waals surface area contributed by atoms with Gasteiger partial charge >= 0.3 is 6.18 Å². The minimum absolute atomic E-state index is 0.00491. The third-order valence-electron chi connectivity index (χ3n) is 9.36. The number of nitrogens with zero attached hydrogens (tertiary/aromatic N) is 13. The zero-order chi connectivity index (χ0) is 33.7. The Morgan fingerprint density at radius 2 is 1.88 bits per heavy atom. The van der Waals surface area contributed by atoms with Gasteiger partial charge < -0.3 is 15.1 Å². The van der Waals surface area contributed by atoms with Crippen LogP contribution in [0.2, 0.25) is 0 Å². The fourth-order valence-electron chi connectivity index (χ4n) is 6.40. The van der Waals surface area contributed by atoms with Gasteiger partial charge in [0.25, 0.3) is 0 Å². The third kappa shape index (κ3) is 6.00. The first-order valence-electron chi connectivity index (χ1n) is 15.5. The highest BCUT2D eigenvalue weighted by molar-refractivity contribution is 5.76. The maximum Gasteiger partial charge on any atom is 0.419 e. The number of alkyl halides is 3. The predicted molar refractivity (Wildman–Crippen MR) is 164 cm³/mol. The zero-order valence-electron chi connectivity index (χ0n) is 26.2. The average Bonchev–Trinajstić information content (AvgIpc) is 3.38. The molecule has 1 saturated carbocycles. The molecule has 3 fully saturated rings. The van der Waals surface area contributed by atoms with E-state index in [1.54, 1.807) is 33.9 Å². The van der Waals surface area contributed by atoms with E-state index in [0.29, 0.717) is 55.7 Å². The van der Waals surface area contributed by atoms with Crippen LogP contribution in [-0.2, 0) is 23.1 Å². The molecule has 15 nitrogen and oxygen atoms in total. The molecule has 0 radical (unpaired) electrons. The van der Waals surface area contributed by atoms with E-state index in [4.69, 9.17) is 0 Å². The number of fused-ring (bicyclic) bond motifs is 1. The second-order valence-corrected chi connectivity index (χ2v) is 12.8. The van der Waals surface area contributed by atoms with Gasteiger partial charge in [-0.05, 0) is 25.0 Å². The summed E-state index contributed by atoms with van der Waals surface area (Å²) in [6.45, 7) is 3.92. The number of aromatic nitrogens is 7. The normalized spacial score (nSPS) is 18.8. The van der Waals surface area contributed by atoms with Gasteiger partial charge in [0.2, 0.25) is 11.9 Å². The van der Waals surface area contributed by atoms with Crippen molar-refractivity contribution in [2.45, 2.75) is 37.5 Å². The van der Waals surface area contributed by atoms with E-state index in [1.807, 2.05) is 22.9 Å². The summed E-state index contributed by atoms with van der Waals surface area (Å²) >= 11 is 0. The van der Waals surface area contributed by atoms with Crippen LogP contribution in [0.15, 0.2) is 43.1 Å². The summed E-state index contributed by atoms with van der Waals surface area (Å²) in [5.41, 5.74) is -0.156. The Balaban J connectivity index is 0.960. The Kier molecular flexibility index (Phi) is 7.72. The van der Waals surface area contributed by atoms with Gasteiger partial charge in [0.15, 0.2) is 5.65 Å².